The van der Waals surface area contributed by atoms with E-state index in [4.69, 9.17) is 21.9 Å². The highest BCUT2D eigenvalue weighted by Gasteiger charge is 2.21. The molecule has 0 saturated carbocycles. The molecule has 0 aliphatic carbocycles. The number of rotatable bonds is 10. The number of anilines is 2. The first kappa shape index (κ1) is 30.7. The number of nitrogen functional groups attached to an aromatic ring is 1. The Balaban J connectivity index is 0.00000423. The minimum absolute atomic E-state index is 0. The van der Waals surface area contributed by atoms with Crippen LogP contribution in [0.3, 0.4) is 0 Å². The number of primary amides is 2. The van der Waals surface area contributed by atoms with Crippen LogP contribution in [0.5, 0.6) is 5.75 Å². The molecule has 16 heteroatoms. The van der Waals surface area contributed by atoms with Crippen LogP contribution in [0.4, 0.5) is 11.9 Å². The van der Waals surface area contributed by atoms with Crippen molar-refractivity contribution in [3.05, 3.63) is 65.1 Å². The fraction of sp³-hybridized carbons (Fsp3) is 0.222. The molecule has 5 aromatic rings. The topological polar surface area (TPSA) is 217 Å². The summed E-state index contributed by atoms with van der Waals surface area (Å²) in [6, 6.07) is 6.29. The molecular formula is C27H30BrN11O4. The average Bonchev–Trinajstić information content (AvgIpc) is 3.61. The number of nitrogens with two attached hydrogens (primary N) is 3. The molecule has 0 aliphatic rings. The standard InChI is InChI=1S/C27H29N11O4.BrH/c1-4-38-19(9-14(2)35-38)25(41)34-27-33-17-10-15(22(28)39)12-20(42-3)21(17)36(27)7-5-6-8-37-24-18(32-26(37)30)11-16(13-31-24)23(29)40;/h5-6,9-13H,4,7-8H2,1-3H3,(H2,28,39)(H2,29,40)(H2,30,32)(H,33,34,41);1H/b6-5+;. The zero-order valence-electron chi connectivity index (χ0n) is 23.6. The van der Waals surface area contributed by atoms with Crippen LogP contribution < -0.4 is 27.3 Å². The summed E-state index contributed by atoms with van der Waals surface area (Å²) in [5.74, 6) is -0.843. The van der Waals surface area contributed by atoms with Crippen LogP contribution in [-0.2, 0) is 19.6 Å². The highest BCUT2D eigenvalue weighted by molar-refractivity contribution is 8.93. The molecular weight excluding hydrogens is 622 g/mol. The molecule has 3 amide bonds. The molecule has 15 nitrogen and oxygen atoms in total. The van der Waals surface area contributed by atoms with Crippen molar-refractivity contribution in [2.24, 2.45) is 11.5 Å². The van der Waals surface area contributed by atoms with E-state index in [0.29, 0.717) is 52.4 Å². The van der Waals surface area contributed by atoms with Gasteiger partial charge in [-0.3, -0.25) is 28.9 Å². The number of aryl methyl sites for hydroxylation is 2. The van der Waals surface area contributed by atoms with E-state index in [9.17, 15) is 14.4 Å². The van der Waals surface area contributed by atoms with Gasteiger partial charge in [0.25, 0.3) is 5.91 Å². The molecule has 5 rings (SSSR count). The number of pyridine rings is 1. The first-order chi connectivity index (χ1) is 20.1. The second-order valence-electron chi connectivity index (χ2n) is 9.38. The largest absolute Gasteiger partial charge is 0.494 e. The molecule has 43 heavy (non-hydrogen) atoms. The number of aromatic nitrogens is 7. The van der Waals surface area contributed by atoms with Gasteiger partial charge in [-0.25, -0.2) is 15.0 Å². The zero-order chi connectivity index (χ0) is 30.1. The number of ether oxygens (including phenoxy) is 1. The predicted molar refractivity (Wildman–Crippen MR) is 165 cm³/mol. The molecule has 1 aromatic carbocycles. The SMILES string of the molecule is Br.CCn1nc(C)cc1C(=O)Nc1nc2cc(C(N)=O)cc(OC)c2n1C/C=C/Cn1c(N)nc2cc(C(N)=O)cnc21. The van der Waals surface area contributed by atoms with Crippen LogP contribution in [-0.4, -0.2) is 58.7 Å². The van der Waals surface area contributed by atoms with Crippen LogP contribution in [0, 0.1) is 6.92 Å². The van der Waals surface area contributed by atoms with Crippen molar-refractivity contribution in [2.45, 2.75) is 33.5 Å². The van der Waals surface area contributed by atoms with Gasteiger partial charge in [0, 0.05) is 31.4 Å². The molecule has 4 heterocycles. The quantitative estimate of drug-likeness (QED) is 0.162. The predicted octanol–water partition coefficient (Wildman–Crippen LogP) is 2.18. The van der Waals surface area contributed by atoms with Gasteiger partial charge in [0.1, 0.15) is 22.5 Å². The fourth-order valence-corrected chi connectivity index (χ4v) is 4.64. The fourth-order valence-electron chi connectivity index (χ4n) is 4.64. The lowest BCUT2D eigenvalue weighted by atomic mass is 10.1. The number of fused-ring (bicyclic) bond motifs is 2. The number of allylic oxidation sites excluding steroid dienone is 2. The average molecular weight is 653 g/mol. The number of nitrogens with zero attached hydrogens (tertiary/aromatic N) is 7. The molecule has 0 saturated heterocycles. The number of halogens is 1. The molecule has 0 spiro atoms. The van der Waals surface area contributed by atoms with Gasteiger partial charge in [-0.15, -0.1) is 17.0 Å². The molecule has 0 bridgehead atoms. The van der Waals surface area contributed by atoms with Gasteiger partial charge in [-0.2, -0.15) is 5.10 Å². The maximum absolute atomic E-state index is 13.3. The number of hydrogen-bond donors (Lipinski definition) is 4. The lowest BCUT2D eigenvalue weighted by molar-refractivity contribution is 0.0991. The Bertz CT molecular complexity index is 1900. The second-order valence-corrected chi connectivity index (χ2v) is 9.38. The van der Waals surface area contributed by atoms with E-state index < -0.39 is 17.7 Å². The van der Waals surface area contributed by atoms with Crippen LogP contribution in [0.15, 0.2) is 42.6 Å². The van der Waals surface area contributed by atoms with Gasteiger partial charge in [0.15, 0.2) is 5.65 Å². The maximum atomic E-state index is 13.3. The van der Waals surface area contributed by atoms with Crippen LogP contribution in [0.25, 0.3) is 22.2 Å². The number of nitrogens with one attached hydrogen (secondary N) is 1. The lowest BCUT2D eigenvalue weighted by Gasteiger charge is -2.11. The Kier molecular flexibility index (Phi) is 8.80. The van der Waals surface area contributed by atoms with Gasteiger partial charge in [0.2, 0.25) is 23.7 Å². The van der Waals surface area contributed by atoms with E-state index in [1.54, 1.807) is 25.9 Å². The molecule has 4 aromatic heterocycles. The molecule has 0 aliphatic heterocycles. The summed E-state index contributed by atoms with van der Waals surface area (Å²) in [7, 11) is 1.47. The van der Waals surface area contributed by atoms with Crippen molar-refractivity contribution in [1.29, 1.82) is 0 Å². The van der Waals surface area contributed by atoms with Crippen molar-refractivity contribution in [2.75, 3.05) is 18.2 Å². The third-order valence-electron chi connectivity index (χ3n) is 6.61. The minimum Gasteiger partial charge on any atom is -0.494 e. The van der Waals surface area contributed by atoms with E-state index in [0.717, 1.165) is 0 Å². The number of benzene rings is 1. The Morgan fingerprint density at radius 1 is 0.977 bits per heavy atom. The number of carbonyl (C=O) groups excluding carboxylic acids is 3. The van der Waals surface area contributed by atoms with E-state index in [1.807, 2.05) is 26.0 Å². The lowest BCUT2D eigenvalue weighted by Crippen LogP contribution is -2.20. The van der Waals surface area contributed by atoms with Gasteiger partial charge in [-0.05, 0) is 38.1 Å². The highest BCUT2D eigenvalue weighted by atomic mass is 79.9. The Labute approximate surface area is 255 Å². The maximum Gasteiger partial charge on any atom is 0.276 e. The van der Waals surface area contributed by atoms with E-state index >= 15 is 0 Å². The van der Waals surface area contributed by atoms with Gasteiger partial charge < -0.3 is 26.5 Å². The third-order valence-corrected chi connectivity index (χ3v) is 6.61. The summed E-state index contributed by atoms with van der Waals surface area (Å²) >= 11 is 0. The number of imidazole rings is 2. The Hall–Kier alpha value is -5.25. The van der Waals surface area contributed by atoms with Crippen LogP contribution in [0.1, 0.15) is 43.8 Å². The smallest absolute Gasteiger partial charge is 0.276 e. The van der Waals surface area contributed by atoms with Gasteiger partial charge in [0.05, 0.1) is 23.9 Å². The molecule has 0 unspecified atom stereocenters. The van der Waals surface area contributed by atoms with Crippen molar-refractivity contribution in [3.8, 4) is 5.75 Å². The summed E-state index contributed by atoms with van der Waals surface area (Å²) in [5, 5.41) is 7.21. The minimum atomic E-state index is -0.640. The monoisotopic (exact) mass is 651 g/mol. The number of hydrogen-bond acceptors (Lipinski definition) is 9. The number of amides is 3. The first-order valence-corrected chi connectivity index (χ1v) is 12.9. The van der Waals surface area contributed by atoms with Crippen molar-refractivity contribution in [3.63, 3.8) is 0 Å². The first-order valence-electron chi connectivity index (χ1n) is 12.9. The Morgan fingerprint density at radius 3 is 2.30 bits per heavy atom. The third kappa shape index (κ3) is 5.90. The molecule has 0 fully saturated rings. The van der Waals surface area contributed by atoms with Crippen molar-refractivity contribution >= 4 is 68.8 Å². The van der Waals surface area contributed by atoms with Crippen LogP contribution in [0.2, 0.25) is 0 Å². The van der Waals surface area contributed by atoms with E-state index in [-0.39, 0.29) is 46.5 Å². The van der Waals surface area contributed by atoms with Crippen molar-refractivity contribution in [1.82, 2.24) is 33.9 Å². The molecule has 224 valence electrons. The van der Waals surface area contributed by atoms with Crippen LogP contribution >= 0.6 is 17.0 Å². The van der Waals surface area contributed by atoms with Gasteiger partial charge in [-0.1, -0.05) is 12.2 Å². The molecule has 7 N–H and O–H groups in total. The van der Waals surface area contributed by atoms with E-state index in [1.165, 1.54) is 25.4 Å². The summed E-state index contributed by atoms with van der Waals surface area (Å²) in [4.78, 5) is 49.9. The Morgan fingerprint density at radius 2 is 1.65 bits per heavy atom. The molecule has 0 atom stereocenters. The number of carbonyl (C=O) groups is 3. The normalized spacial score (nSPS) is 11.2. The summed E-state index contributed by atoms with van der Waals surface area (Å²) < 4.78 is 10.6. The number of methoxy groups -OCH3 is 1. The summed E-state index contributed by atoms with van der Waals surface area (Å²) in [5.41, 5.74) is 20.4. The van der Waals surface area contributed by atoms with E-state index in [2.05, 4.69) is 25.4 Å². The molecule has 0 radical (unpaired) electrons. The van der Waals surface area contributed by atoms with Gasteiger partial charge >= 0.3 is 0 Å². The zero-order valence-corrected chi connectivity index (χ0v) is 25.3. The second kappa shape index (κ2) is 12.3. The van der Waals surface area contributed by atoms with Crippen molar-refractivity contribution < 1.29 is 19.1 Å². The summed E-state index contributed by atoms with van der Waals surface area (Å²) in [6.07, 6.45) is 5.07. The summed E-state index contributed by atoms with van der Waals surface area (Å²) in [6.45, 7) is 4.79. The highest BCUT2D eigenvalue weighted by Crippen LogP contribution is 2.31.